The van der Waals surface area contributed by atoms with Gasteiger partial charge in [0.1, 0.15) is 0 Å². The summed E-state index contributed by atoms with van der Waals surface area (Å²) in [5.74, 6) is -0.191. The van der Waals surface area contributed by atoms with E-state index in [0.717, 1.165) is 32.7 Å². The van der Waals surface area contributed by atoms with Crippen molar-refractivity contribution in [2.75, 3.05) is 39.5 Å². The molecule has 0 amide bonds. The summed E-state index contributed by atoms with van der Waals surface area (Å²) in [5, 5.41) is 8.88. The maximum atomic E-state index is 10.8. The van der Waals surface area contributed by atoms with Crippen LogP contribution in [0.15, 0.2) is 0 Å². The first-order chi connectivity index (χ1) is 8.25. The number of carboxylic acid groups (broad SMARTS) is 1. The number of ether oxygens (including phenoxy) is 2. The van der Waals surface area contributed by atoms with Crippen molar-refractivity contribution in [3.63, 3.8) is 0 Å². The Morgan fingerprint density at radius 3 is 2.82 bits per heavy atom. The summed E-state index contributed by atoms with van der Waals surface area (Å²) >= 11 is 0. The van der Waals surface area contributed by atoms with Gasteiger partial charge in [-0.3, -0.25) is 9.69 Å². The average molecular weight is 243 g/mol. The molecule has 0 aliphatic carbocycles. The predicted octanol–water partition coefficient (Wildman–Crippen LogP) is 0.588. The van der Waals surface area contributed by atoms with E-state index in [1.165, 1.54) is 6.42 Å². The normalized spacial score (nSPS) is 31.3. The Hall–Kier alpha value is -0.650. The van der Waals surface area contributed by atoms with Gasteiger partial charge in [-0.25, -0.2) is 0 Å². The number of hydrogen-bond donors (Lipinski definition) is 1. The van der Waals surface area contributed by atoms with Gasteiger partial charge in [0.2, 0.25) is 0 Å². The minimum Gasteiger partial charge on any atom is -0.481 e. The Labute approximate surface area is 102 Å². The molecule has 2 atom stereocenters. The minimum atomic E-state index is -0.745. The molecule has 0 bridgehead atoms. The zero-order valence-electron chi connectivity index (χ0n) is 10.1. The van der Waals surface area contributed by atoms with E-state index in [1.807, 2.05) is 0 Å². The highest BCUT2D eigenvalue weighted by molar-refractivity contribution is 5.67. The zero-order valence-corrected chi connectivity index (χ0v) is 10.1. The molecular formula is C12H21NO4. The van der Waals surface area contributed by atoms with Gasteiger partial charge in [-0.05, 0) is 18.8 Å². The topological polar surface area (TPSA) is 59.0 Å². The number of carbonyl (C=O) groups is 1. The highest BCUT2D eigenvalue weighted by Gasteiger charge is 2.27. The molecule has 5 heteroatoms. The van der Waals surface area contributed by atoms with Gasteiger partial charge < -0.3 is 14.6 Å². The van der Waals surface area contributed by atoms with Gasteiger partial charge in [-0.15, -0.1) is 0 Å². The van der Waals surface area contributed by atoms with Crippen molar-refractivity contribution in [3.8, 4) is 0 Å². The zero-order chi connectivity index (χ0) is 12.1. The molecule has 2 saturated heterocycles. The average Bonchev–Trinajstić information content (AvgIpc) is 2.32. The van der Waals surface area contributed by atoms with Crippen molar-refractivity contribution < 1.29 is 19.4 Å². The molecule has 0 radical (unpaired) electrons. The molecule has 2 fully saturated rings. The lowest BCUT2D eigenvalue weighted by molar-refractivity contribution is -0.140. The molecule has 2 heterocycles. The van der Waals surface area contributed by atoms with Crippen molar-refractivity contribution in [1.82, 2.24) is 4.90 Å². The fraction of sp³-hybridized carbons (Fsp3) is 0.917. The lowest BCUT2D eigenvalue weighted by Crippen LogP contribution is -2.49. The third-order valence-corrected chi connectivity index (χ3v) is 3.51. The van der Waals surface area contributed by atoms with E-state index in [9.17, 15) is 4.79 Å². The summed E-state index contributed by atoms with van der Waals surface area (Å²) in [6.07, 6.45) is 2.49. The molecule has 2 aliphatic heterocycles. The van der Waals surface area contributed by atoms with Crippen LogP contribution in [0.2, 0.25) is 0 Å². The molecule has 1 N–H and O–H groups in total. The SMILES string of the molecule is O=C(O)CC1COCCN1CC1CCCOC1. The van der Waals surface area contributed by atoms with Crippen molar-refractivity contribution in [2.45, 2.75) is 25.3 Å². The maximum absolute atomic E-state index is 10.8. The molecule has 0 aromatic rings. The van der Waals surface area contributed by atoms with Crippen LogP contribution in [-0.4, -0.2) is 61.5 Å². The summed E-state index contributed by atoms with van der Waals surface area (Å²) in [7, 11) is 0. The van der Waals surface area contributed by atoms with E-state index < -0.39 is 5.97 Å². The lowest BCUT2D eigenvalue weighted by atomic mass is 10.00. The molecule has 5 nitrogen and oxygen atoms in total. The summed E-state index contributed by atoms with van der Waals surface area (Å²) in [6.45, 7) is 4.73. The summed E-state index contributed by atoms with van der Waals surface area (Å²) in [4.78, 5) is 13.1. The Morgan fingerprint density at radius 2 is 2.12 bits per heavy atom. The first-order valence-corrected chi connectivity index (χ1v) is 6.37. The van der Waals surface area contributed by atoms with E-state index in [1.54, 1.807) is 0 Å². The number of rotatable bonds is 4. The van der Waals surface area contributed by atoms with Gasteiger partial charge in [-0.2, -0.15) is 0 Å². The third-order valence-electron chi connectivity index (χ3n) is 3.51. The van der Waals surface area contributed by atoms with Gasteiger partial charge in [0, 0.05) is 25.7 Å². The largest absolute Gasteiger partial charge is 0.481 e. The number of morpholine rings is 1. The van der Waals surface area contributed by atoms with Gasteiger partial charge in [-0.1, -0.05) is 0 Å². The predicted molar refractivity (Wildman–Crippen MR) is 62.0 cm³/mol. The van der Waals surface area contributed by atoms with Crippen LogP contribution in [0, 0.1) is 5.92 Å². The molecule has 0 aromatic carbocycles. The minimum absolute atomic E-state index is 0.0307. The molecular weight excluding hydrogens is 222 g/mol. The first-order valence-electron chi connectivity index (χ1n) is 6.37. The van der Waals surface area contributed by atoms with Crippen molar-refractivity contribution in [3.05, 3.63) is 0 Å². The molecule has 2 rings (SSSR count). The van der Waals surface area contributed by atoms with E-state index in [2.05, 4.69) is 4.90 Å². The Bertz CT molecular complexity index is 253. The van der Waals surface area contributed by atoms with Gasteiger partial charge in [0.15, 0.2) is 0 Å². The Kier molecular flexibility index (Phi) is 4.76. The van der Waals surface area contributed by atoms with E-state index in [0.29, 0.717) is 19.1 Å². The van der Waals surface area contributed by atoms with Crippen LogP contribution in [0.25, 0.3) is 0 Å². The van der Waals surface area contributed by atoms with Crippen LogP contribution in [0.5, 0.6) is 0 Å². The molecule has 17 heavy (non-hydrogen) atoms. The number of carboxylic acids is 1. The van der Waals surface area contributed by atoms with Crippen molar-refractivity contribution in [1.29, 1.82) is 0 Å². The van der Waals surface area contributed by atoms with E-state index in [4.69, 9.17) is 14.6 Å². The monoisotopic (exact) mass is 243 g/mol. The van der Waals surface area contributed by atoms with E-state index >= 15 is 0 Å². The van der Waals surface area contributed by atoms with E-state index in [-0.39, 0.29) is 12.5 Å². The van der Waals surface area contributed by atoms with Crippen LogP contribution in [0.1, 0.15) is 19.3 Å². The van der Waals surface area contributed by atoms with Crippen LogP contribution in [-0.2, 0) is 14.3 Å². The van der Waals surface area contributed by atoms with Gasteiger partial charge >= 0.3 is 5.97 Å². The second-order valence-corrected chi connectivity index (χ2v) is 4.90. The van der Waals surface area contributed by atoms with Crippen molar-refractivity contribution >= 4 is 5.97 Å². The highest BCUT2D eigenvalue weighted by atomic mass is 16.5. The lowest BCUT2D eigenvalue weighted by Gasteiger charge is -2.37. The maximum Gasteiger partial charge on any atom is 0.305 e. The summed E-state index contributed by atoms with van der Waals surface area (Å²) in [5.41, 5.74) is 0. The van der Waals surface area contributed by atoms with Gasteiger partial charge in [0.05, 0.1) is 26.2 Å². The smallest absolute Gasteiger partial charge is 0.305 e. The second kappa shape index (κ2) is 6.33. The van der Waals surface area contributed by atoms with Crippen LogP contribution >= 0.6 is 0 Å². The molecule has 2 unspecified atom stereocenters. The van der Waals surface area contributed by atoms with Crippen LogP contribution < -0.4 is 0 Å². The summed E-state index contributed by atoms with van der Waals surface area (Å²) < 4.78 is 10.8. The van der Waals surface area contributed by atoms with Crippen LogP contribution in [0.4, 0.5) is 0 Å². The fourth-order valence-corrected chi connectivity index (χ4v) is 2.60. The van der Waals surface area contributed by atoms with Crippen molar-refractivity contribution in [2.24, 2.45) is 5.92 Å². The second-order valence-electron chi connectivity index (χ2n) is 4.90. The summed E-state index contributed by atoms with van der Waals surface area (Å²) in [6, 6.07) is 0.0307. The first kappa shape index (κ1) is 12.8. The Balaban J connectivity index is 1.84. The standard InChI is InChI=1S/C12H21NO4/c14-12(15)6-11-9-17-5-3-13(11)7-10-2-1-4-16-8-10/h10-11H,1-9H2,(H,14,15). The van der Waals surface area contributed by atoms with Crippen LogP contribution in [0.3, 0.4) is 0 Å². The molecule has 0 aromatic heterocycles. The van der Waals surface area contributed by atoms with Gasteiger partial charge in [0.25, 0.3) is 0 Å². The number of hydrogen-bond acceptors (Lipinski definition) is 4. The molecule has 0 saturated carbocycles. The highest BCUT2D eigenvalue weighted by Crippen LogP contribution is 2.19. The number of nitrogens with zero attached hydrogens (tertiary/aromatic N) is 1. The fourth-order valence-electron chi connectivity index (χ4n) is 2.60. The molecule has 98 valence electrons. The third kappa shape index (κ3) is 3.94. The number of aliphatic carboxylic acids is 1. The quantitative estimate of drug-likeness (QED) is 0.783. The molecule has 2 aliphatic rings. The Morgan fingerprint density at radius 1 is 1.29 bits per heavy atom. The molecule has 0 spiro atoms.